The van der Waals surface area contributed by atoms with Crippen LogP contribution in [-0.2, 0) is 17.9 Å². The highest BCUT2D eigenvalue weighted by Gasteiger charge is 2.17. The summed E-state index contributed by atoms with van der Waals surface area (Å²) in [5.74, 6) is -0.418. The number of aromatic nitrogens is 3. The summed E-state index contributed by atoms with van der Waals surface area (Å²) in [6.07, 6.45) is 1.70. The molecule has 0 bridgehead atoms. The Labute approximate surface area is 157 Å². The Hall–Kier alpha value is -3.03. The van der Waals surface area contributed by atoms with Gasteiger partial charge in [-0.3, -0.25) is 9.67 Å². The summed E-state index contributed by atoms with van der Waals surface area (Å²) in [6.45, 7) is 2.86. The van der Waals surface area contributed by atoms with Gasteiger partial charge in [0.05, 0.1) is 31.1 Å². The first kappa shape index (κ1) is 18.8. The minimum Gasteiger partial charge on any atom is -0.461 e. The maximum absolute atomic E-state index is 12.2. The zero-order valence-corrected chi connectivity index (χ0v) is 15.1. The molecule has 140 valence electrons. The topological polar surface area (TPSA) is 103 Å². The maximum Gasteiger partial charge on any atom is 0.356 e. The molecule has 2 heterocycles. The van der Waals surface area contributed by atoms with Gasteiger partial charge in [-0.05, 0) is 30.7 Å². The molecule has 2 aromatic heterocycles. The van der Waals surface area contributed by atoms with Crippen molar-refractivity contribution in [1.29, 1.82) is 0 Å². The number of benzene rings is 1. The highest BCUT2D eigenvalue weighted by Crippen LogP contribution is 2.25. The predicted octanol–water partition coefficient (Wildman–Crippen LogP) is 2.24. The lowest BCUT2D eigenvalue weighted by Crippen LogP contribution is -2.17. The maximum atomic E-state index is 12.2. The minimum absolute atomic E-state index is 0.00294. The number of nitrogens with two attached hydrogens (primary N) is 1. The lowest BCUT2D eigenvalue weighted by molar-refractivity contribution is 0.0512. The van der Waals surface area contributed by atoms with Crippen LogP contribution in [0.1, 0.15) is 23.0 Å². The van der Waals surface area contributed by atoms with Gasteiger partial charge in [-0.2, -0.15) is 5.10 Å². The monoisotopic (exact) mass is 366 g/mol. The fraction of sp³-hybridized carbons (Fsp3) is 0.250. The van der Waals surface area contributed by atoms with E-state index >= 15 is 0 Å². The van der Waals surface area contributed by atoms with Crippen LogP contribution in [0.3, 0.4) is 0 Å². The lowest BCUT2D eigenvalue weighted by atomic mass is 10.1. The Morgan fingerprint density at radius 1 is 1.15 bits per heavy atom. The third kappa shape index (κ3) is 4.21. The average molecular weight is 366 g/mol. The number of pyridine rings is 1. The lowest BCUT2D eigenvalue weighted by Gasteiger charge is -2.05. The van der Waals surface area contributed by atoms with E-state index in [0.717, 1.165) is 22.4 Å². The molecule has 0 saturated carbocycles. The van der Waals surface area contributed by atoms with Gasteiger partial charge in [-0.25, -0.2) is 4.79 Å². The Kier molecular flexibility index (Phi) is 5.95. The molecular weight excluding hydrogens is 344 g/mol. The number of carbonyl (C=O) groups excluding carboxylic acids is 1. The van der Waals surface area contributed by atoms with Crippen molar-refractivity contribution in [2.24, 2.45) is 5.73 Å². The van der Waals surface area contributed by atoms with E-state index in [0.29, 0.717) is 31.1 Å². The molecule has 0 atom stereocenters. The van der Waals surface area contributed by atoms with E-state index in [1.165, 1.54) is 0 Å². The molecule has 0 aliphatic heterocycles. The standard InChI is InChI=1S/C20H22N4O3/c1-2-27-20(26)19-12-18(23-24(19)10-8-21)16-7-9-22-17(11-16)15-5-3-14(13-25)4-6-15/h3-7,9,11-12,25H,2,8,10,13,21H2,1H3. The molecular formula is C20H22N4O3. The Morgan fingerprint density at radius 2 is 1.93 bits per heavy atom. The first-order valence-corrected chi connectivity index (χ1v) is 8.78. The number of hydrogen-bond acceptors (Lipinski definition) is 6. The smallest absolute Gasteiger partial charge is 0.356 e. The van der Waals surface area contributed by atoms with Crippen molar-refractivity contribution in [2.45, 2.75) is 20.1 Å². The Balaban J connectivity index is 1.96. The highest BCUT2D eigenvalue weighted by atomic mass is 16.5. The van der Waals surface area contributed by atoms with E-state index in [1.807, 2.05) is 36.4 Å². The molecule has 3 aromatic rings. The third-order valence-corrected chi connectivity index (χ3v) is 4.09. The number of nitrogens with zero attached hydrogens (tertiary/aromatic N) is 3. The molecule has 0 aliphatic rings. The van der Waals surface area contributed by atoms with E-state index in [-0.39, 0.29) is 6.61 Å². The van der Waals surface area contributed by atoms with Gasteiger partial charge >= 0.3 is 5.97 Å². The molecule has 0 saturated heterocycles. The van der Waals surface area contributed by atoms with Crippen LogP contribution in [0.15, 0.2) is 48.7 Å². The van der Waals surface area contributed by atoms with Crippen LogP contribution in [0.2, 0.25) is 0 Å². The molecule has 0 unspecified atom stereocenters. The van der Waals surface area contributed by atoms with Crippen molar-refractivity contribution in [3.63, 3.8) is 0 Å². The number of aliphatic hydroxyl groups excluding tert-OH is 1. The molecule has 0 aliphatic carbocycles. The van der Waals surface area contributed by atoms with E-state index in [2.05, 4.69) is 10.1 Å². The number of esters is 1. The Bertz CT molecular complexity index is 919. The third-order valence-electron chi connectivity index (χ3n) is 4.09. The number of ether oxygens (including phenoxy) is 1. The molecule has 0 radical (unpaired) electrons. The molecule has 7 heteroatoms. The van der Waals surface area contributed by atoms with Crippen LogP contribution >= 0.6 is 0 Å². The summed E-state index contributed by atoms with van der Waals surface area (Å²) in [6, 6.07) is 13.0. The summed E-state index contributed by atoms with van der Waals surface area (Å²) >= 11 is 0. The average Bonchev–Trinajstić information content (AvgIpc) is 3.13. The minimum atomic E-state index is -0.418. The molecule has 0 amide bonds. The van der Waals surface area contributed by atoms with Gasteiger partial charge in [0.2, 0.25) is 0 Å². The predicted molar refractivity (Wildman–Crippen MR) is 102 cm³/mol. The first-order valence-electron chi connectivity index (χ1n) is 8.78. The largest absolute Gasteiger partial charge is 0.461 e. The van der Waals surface area contributed by atoms with Crippen LogP contribution in [0, 0.1) is 0 Å². The molecule has 3 rings (SSSR count). The molecule has 27 heavy (non-hydrogen) atoms. The van der Waals surface area contributed by atoms with Crippen LogP contribution in [0.4, 0.5) is 0 Å². The number of rotatable bonds is 7. The Morgan fingerprint density at radius 3 is 2.59 bits per heavy atom. The second-order valence-electron chi connectivity index (χ2n) is 5.93. The molecule has 1 aromatic carbocycles. The van der Waals surface area contributed by atoms with E-state index in [9.17, 15) is 9.90 Å². The molecule has 0 spiro atoms. The van der Waals surface area contributed by atoms with Crippen molar-refractivity contribution in [3.05, 3.63) is 59.9 Å². The van der Waals surface area contributed by atoms with Crippen LogP contribution < -0.4 is 5.73 Å². The van der Waals surface area contributed by atoms with Crippen LogP contribution in [-0.4, -0.2) is 39.0 Å². The summed E-state index contributed by atoms with van der Waals surface area (Å²) < 4.78 is 6.68. The highest BCUT2D eigenvalue weighted by molar-refractivity contribution is 5.89. The van der Waals surface area contributed by atoms with E-state index < -0.39 is 5.97 Å². The van der Waals surface area contributed by atoms with Gasteiger partial charge in [0, 0.05) is 23.9 Å². The number of hydrogen-bond donors (Lipinski definition) is 2. The van der Waals surface area contributed by atoms with Gasteiger partial charge in [0.1, 0.15) is 5.69 Å². The SMILES string of the molecule is CCOC(=O)c1cc(-c2ccnc(-c3ccc(CO)cc3)c2)nn1CCN. The van der Waals surface area contributed by atoms with Crippen LogP contribution in [0.25, 0.3) is 22.5 Å². The van der Waals surface area contributed by atoms with Gasteiger partial charge in [0.15, 0.2) is 0 Å². The van der Waals surface area contributed by atoms with Gasteiger partial charge in [-0.1, -0.05) is 24.3 Å². The van der Waals surface area contributed by atoms with Crippen molar-refractivity contribution < 1.29 is 14.6 Å². The molecule has 0 fully saturated rings. The van der Waals surface area contributed by atoms with Gasteiger partial charge in [0.25, 0.3) is 0 Å². The molecule has 7 nitrogen and oxygen atoms in total. The fourth-order valence-corrected chi connectivity index (χ4v) is 2.75. The zero-order chi connectivity index (χ0) is 19.2. The van der Waals surface area contributed by atoms with E-state index in [1.54, 1.807) is 23.9 Å². The van der Waals surface area contributed by atoms with Gasteiger partial charge in [-0.15, -0.1) is 0 Å². The second kappa shape index (κ2) is 8.57. The van der Waals surface area contributed by atoms with Crippen molar-refractivity contribution in [3.8, 4) is 22.5 Å². The first-order chi connectivity index (χ1) is 13.2. The fourth-order valence-electron chi connectivity index (χ4n) is 2.75. The number of aliphatic hydroxyl groups is 1. The second-order valence-corrected chi connectivity index (χ2v) is 5.93. The zero-order valence-electron chi connectivity index (χ0n) is 15.1. The summed E-state index contributed by atoms with van der Waals surface area (Å²) in [5.41, 5.74) is 10.1. The molecule has 3 N–H and O–H groups in total. The van der Waals surface area contributed by atoms with Crippen molar-refractivity contribution in [1.82, 2.24) is 14.8 Å². The van der Waals surface area contributed by atoms with Crippen LogP contribution in [0.5, 0.6) is 0 Å². The van der Waals surface area contributed by atoms with Crippen molar-refractivity contribution in [2.75, 3.05) is 13.2 Å². The summed E-state index contributed by atoms with van der Waals surface area (Å²) in [7, 11) is 0. The normalized spacial score (nSPS) is 10.8. The summed E-state index contributed by atoms with van der Waals surface area (Å²) in [4.78, 5) is 16.6. The number of carbonyl (C=O) groups is 1. The van der Waals surface area contributed by atoms with Crippen molar-refractivity contribution >= 4 is 5.97 Å². The van der Waals surface area contributed by atoms with Gasteiger partial charge < -0.3 is 15.6 Å². The van der Waals surface area contributed by atoms with E-state index in [4.69, 9.17) is 10.5 Å². The summed E-state index contributed by atoms with van der Waals surface area (Å²) in [5, 5.41) is 13.7. The quantitative estimate of drug-likeness (QED) is 0.622.